The molecule has 1 rings (SSSR count). The summed E-state index contributed by atoms with van der Waals surface area (Å²) in [5, 5.41) is 0. The van der Waals surface area contributed by atoms with Crippen LogP contribution in [0.1, 0.15) is 27.2 Å². The van der Waals surface area contributed by atoms with Gasteiger partial charge in [0, 0.05) is 17.2 Å². The van der Waals surface area contributed by atoms with Crippen molar-refractivity contribution in [3.8, 4) is 0 Å². The molecule has 0 bridgehead atoms. The average Bonchev–Trinajstić information content (AvgIpc) is 2.42. The Hall–Kier alpha value is -0.570. The minimum Gasteiger partial charge on any atom is -0.469 e. The van der Waals surface area contributed by atoms with E-state index in [0.717, 1.165) is 0 Å². The molecule has 0 spiro atoms. The zero-order valence-electron chi connectivity index (χ0n) is 9.54. The van der Waals surface area contributed by atoms with E-state index < -0.39 is 10.8 Å². The van der Waals surface area contributed by atoms with Gasteiger partial charge in [0.2, 0.25) is 0 Å². The van der Waals surface area contributed by atoms with Gasteiger partial charge in [-0.3, -0.25) is 9.59 Å². The first-order valence-corrected chi connectivity index (χ1v) is 5.46. The molecule has 0 aromatic rings. The molecule has 3 nitrogen and oxygen atoms in total. The summed E-state index contributed by atoms with van der Waals surface area (Å²) in [5.41, 5.74) is 0. The second-order valence-corrected chi connectivity index (χ2v) is 5.65. The van der Waals surface area contributed by atoms with Gasteiger partial charge in [-0.2, -0.15) is 0 Å². The van der Waals surface area contributed by atoms with E-state index in [4.69, 9.17) is 16.3 Å². The Balaban J connectivity index is 2.97. The van der Waals surface area contributed by atoms with Gasteiger partial charge < -0.3 is 4.74 Å². The van der Waals surface area contributed by atoms with Crippen LogP contribution in [0.3, 0.4) is 0 Å². The maximum Gasteiger partial charge on any atom is 0.309 e. The minimum absolute atomic E-state index is 0.101. The lowest BCUT2D eigenvalue weighted by molar-refractivity contribution is -0.149. The van der Waals surface area contributed by atoms with Crippen LogP contribution in [-0.4, -0.2) is 23.7 Å². The summed E-state index contributed by atoms with van der Waals surface area (Å²) in [7, 11) is 1.34. The fourth-order valence-electron chi connectivity index (χ4n) is 2.25. The van der Waals surface area contributed by atoms with E-state index in [9.17, 15) is 9.59 Å². The third kappa shape index (κ3) is 2.33. The summed E-state index contributed by atoms with van der Waals surface area (Å²) < 4.78 is 4.73. The third-order valence-corrected chi connectivity index (χ3v) is 3.54. The van der Waals surface area contributed by atoms with E-state index in [0.29, 0.717) is 6.42 Å². The number of halogens is 1. The van der Waals surface area contributed by atoms with Crippen molar-refractivity contribution >= 4 is 23.4 Å². The van der Waals surface area contributed by atoms with Gasteiger partial charge in [0.25, 0.3) is 0 Å². The van der Waals surface area contributed by atoms with E-state index in [1.807, 2.05) is 13.8 Å². The van der Waals surface area contributed by atoms with Crippen LogP contribution in [0.5, 0.6) is 0 Å². The largest absolute Gasteiger partial charge is 0.469 e. The fourth-order valence-corrected chi connectivity index (χ4v) is 2.47. The number of rotatable bonds is 2. The van der Waals surface area contributed by atoms with Crippen molar-refractivity contribution in [1.29, 1.82) is 0 Å². The van der Waals surface area contributed by atoms with Crippen molar-refractivity contribution in [2.75, 3.05) is 7.11 Å². The standard InChI is InChI=1S/C11H17ClO3/c1-6-8(13)5-7(11(2,3)12)9(6)10(14)15-4/h6-7,9H,5H2,1-4H3. The number of ketones is 1. The Morgan fingerprint density at radius 2 is 2.07 bits per heavy atom. The lowest BCUT2D eigenvalue weighted by Crippen LogP contribution is -2.35. The van der Waals surface area contributed by atoms with Crippen LogP contribution in [-0.2, 0) is 14.3 Å². The van der Waals surface area contributed by atoms with Gasteiger partial charge in [0.15, 0.2) is 0 Å². The molecule has 0 aromatic heterocycles. The average molecular weight is 233 g/mol. The molecule has 0 aromatic carbocycles. The predicted octanol–water partition coefficient (Wildman–Crippen LogP) is 2.02. The topological polar surface area (TPSA) is 43.4 Å². The maximum absolute atomic E-state index is 11.6. The molecular formula is C11H17ClO3. The van der Waals surface area contributed by atoms with Gasteiger partial charge in [-0.05, 0) is 19.8 Å². The van der Waals surface area contributed by atoms with Gasteiger partial charge in [0.05, 0.1) is 13.0 Å². The molecule has 4 heteroatoms. The molecule has 86 valence electrons. The van der Waals surface area contributed by atoms with Crippen molar-refractivity contribution in [3.05, 3.63) is 0 Å². The van der Waals surface area contributed by atoms with Crippen LogP contribution >= 0.6 is 11.6 Å². The summed E-state index contributed by atoms with van der Waals surface area (Å²) in [5.74, 6) is -1.03. The van der Waals surface area contributed by atoms with Crippen molar-refractivity contribution < 1.29 is 14.3 Å². The number of carbonyl (C=O) groups excluding carboxylic acids is 2. The molecule has 0 saturated heterocycles. The second kappa shape index (κ2) is 4.12. The van der Waals surface area contributed by atoms with E-state index in [-0.39, 0.29) is 23.6 Å². The second-order valence-electron chi connectivity index (χ2n) is 4.68. The lowest BCUT2D eigenvalue weighted by Gasteiger charge is -2.29. The summed E-state index contributed by atoms with van der Waals surface area (Å²) in [6, 6.07) is 0. The molecule has 1 aliphatic carbocycles. The number of hydrogen-bond donors (Lipinski definition) is 0. The number of esters is 1. The van der Waals surface area contributed by atoms with Crippen molar-refractivity contribution in [3.63, 3.8) is 0 Å². The Kier molecular flexibility index (Phi) is 3.44. The molecule has 0 radical (unpaired) electrons. The normalized spacial score (nSPS) is 31.8. The molecule has 15 heavy (non-hydrogen) atoms. The number of hydrogen-bond acceptors (Lipinski definition) is 3. The van der Waals surface area contributed by atoms with Gasteiger partial charge >= 0.3 is 5.97 Å². The monoisotopic (exact) mass is 232 g/mol. The maximum atomic E-state index is 11.6. The fraction of sp³-hybridized carbons (Fsp3) is 0.818. The van der Waals surface area contributed by atoms with Gasteiger partial charge in [-0.15, -0.1) is 11.6 Å². The highest BCUT2D eigenvalue weighted by molar-refractivity contribution is 6.24. The minimum atomic E-state index is -0.556. The Morgan fingerprint density at radius 1 is 1.53 bits per heavy atom. The lowest BCUT2D eigenvalue weighted by atomic mass is 9.82. The number of Topliss-reactive ketones (excluding diaryl/α,β-unsaturated/α-hetero) is 1. The highest BCUT2D eigenvalue weighted by atomic mass is 35.5. The molecule has 0 amide bonds. The SMILES string of the molecule is COC(=O)C1C(C)C(=O)CC1C(C)(C)Cl. The first-order valence-electron chi connectivity index (χ1n) is 5.08. The van der Waals surface area contributed by atoms with E-state index in [1.165, 1.54) is 7.11 Å². The van der Waals surface area contributed by atoms with Crippen LogP contribution < -0.4 is 0 Å². The number of alkyl halides is 1. The number of ether oxygens (including phenoxy) is 1. The summed E-state index contributed by atoms with van der Waals surface area (Å²) in [6.07, 6.45) is 0.372. The quantitative estimate of drug-likeness (QED) is 0.541. The van der Waals surface area contributed by atoms with Gasteiger partial charge in [-0.1, -0.05) is 6.92 Å². The molecule has 3 atom stereocenters. The number of methoxy groups -OCH3 is 1. The van der Waals surface area contributed by atoms with E-state index in [1.54, 1.807) is 6.92 Å². The molecule has 1 saturated carbocycles. The molecule has 0 N–H and O–H groups in total. The molecule has 0 heterocycles. The molecule has 0 aliphatic heterocycles. The molecule has 3 unspecified atom stereocenters. The van der Waals surface area contributed by atoms with Gasteiger partial charge in [0.1, 0.15) is 5.78 Å². The summed E-state index contributed by atoms with van der Waals surface area (Å²) >= 11 is 6.21. The van der Waals surface area contributed by atoms with Gasteiger partial charge in [-0.25, -0.2) is 0 Å². The molecular weight excluding hydrogens is 216 g/mol. The first-order chi connectivity index (χ1) is 6.79. The smallest absolute Gasteiger partial charge is 0.309 e. The summed E-state index contributed by atoms with van der Waals surface area (Å²) in [4.78, 5) is 22.6. The zero-order valence-corrected chi connectivity index (χ0v) is 10.3. The van der Waals surface area contributed by atoms with Crippen LogP contribution in [0.2, 0.25) is 0 Å². The number of carbonyl (C=O) groups is 2. The Morgan fingerprint density at radius 3 is 2.47 bits per heavy atom. The molecule has 1 fully saturated rings. The van der Waals surface area contributed by atoms with Crippen LogP contribution in [0.15, 0.2) is 0 Å². The van der Waals surface area contributed by atoms with Crippen LogP contribution in [0, 0.1) is 17.8 Å². The van der Waals surface area contributed by atoms with E-state index in [2.05, 4.69) is 0 Å². The Bertz CT molecular complexity index is 280. The van der Waals surface area contributed by atoms with Crippen LogP contribution in [0.4, 0.5) is 0 Å². The third-order valence-electron chi connectivity index (χ3n) is 3.26. The summed E-state index contributed by atoms with van der Waals surface area (Å²) in [6.45, 7) is 5.44. The molecule has 1 aliphatic rings. The highest BCUT2D eigenvalue weighted by Crippen LogP contribution is 2.44. The predicted molar refractivity (Wildman–Crippen MR) is 57.7 cm³/mol. The van der Waals surface area contributed by atoms with Crippen LogP contribution in [0.25, 0.3) is 0 Å². The van der Waals surface area contributed by atoms with E-state index >= 15 is 0 Å². The zero-order chi connectivity index (χ0) is 11.8. The van der Waals surface area contributed by atoms with Crippen molar-refractivity contribution in [2.24, 2.45) is 17.8 Å². The highest BCUT2D eigenvalue weighted by Gasteiger charge is 2.50. The first kappa shape index (κ1) is 12.5. The van der Waals surface area contributed by atoms with Crippen molar-refractivity contribution in [2.45, 2.75) is 32.1 Å². The van der Waals surface area contributed by atoms with Crippen molar-refractivity contribution in [1.82, 2.24) is 0 Å². The Labute approximate surface area is 95.1 Å².